The summed E-state index contributed by atoms with van der Waals surface area (Å²) >= 11 is 0. The Hall–Kier alpha value is -2.06. The molecule has 2 aromatic rings. The van der Waals surface area contributed by atoms with Crippen molar-refractivity contribution in [3.8, 4) is 5.75 Å². The number of rotatable bonds is 6. The molecule has 0 heterocycles. The summed E-state index contributed by atoms with van der Waals surface area (Å²) in [6.07, 6.45) is 0.307. The van der Waals surface area contributed by atoms with Crippen molar-refractivity contribution < 1.29 is 26.3 Å². The lowest BCUT2D eigenvalue weighted by Gasteiger charge is -2.15. The van der Waals surface area contributed by atoms with Crippen LogP contribution in [0.2, 0.25) is 0 Å². The van der Waals surface area contributed by atoms with E-state index in [2.05, 4.69) is 4.72 Å². The third kappa shape index (κ3) is 4.27. The maximum atomic E-state index is 13.7. The van der Waals surface area contributed by atoms with E-state index in [9.17, 15) is 21.6 Å². The number of methoxy groups -OCH3 is 1. The Morgan fingerprint density at radius 2 is 1.75 bits per heavy atom. The first-order valence-corrected chi connectivity index (χ1v) is 8.51. The molecule has 0 fully saturated rings. The van der Waals surface area contributed by atoms with Crippen molar-refractivity contribution in [2.75, 3.05) is 7.11 Å². The molecule has 0 aliphatic rings. The lowest BCUT2D eigenvalue weighted by molar-refractivity contribution is 0.414. The van der Waals surface area contributed by atoms with Gasteiger partial charge in [0.1, 0.15) is 16.5 Å². The predicted octanol–water partition coefficient (Wildman–Crippen LogP) is 3.02. The van der Waals surface area contributed by atoms with E-state index < -0.39 is 38.4 Å². The summed E-state index contributed by atoms with van der Waals surface area (Å²) in [5.74, 6) is -3.61. The molecule has 0 amide bonds. The summed E-state index contributed by atoms with van der Waals surface area (Å²) < 4.78 is 71.5. The summed E-state index contributed by atoms with van der Waals surface area (Å²) in [6, 6.07) is 6.95. The van der Waals surface area contributed by atoms with E-state index in [0.29, 0.717) is 18.2 Å². The zero-order valence-corrected chi connectivity index (χ0v) is 13.8. The number of benzene rings is 2. The van der Waals surface area contributed by atoms with Crippen molar-refractivity contribution in [1.29, 1.82) is 0 Å². The molecule has 2 aromatic carbocycles. The molecule has 130 valence electrons. The fourth-order valence-electron chi connectivity index (χ4n) is 2.23. The average Bonchev–Trinajstić information content (AvgIpc) is 2.50. The predicted molar refractivity (Wildman–Crippen MR) is 82.8 cm³/mol. The van der Waals surface area contributed by atoms with Gasteiger partial charge in [0.05, 0.1) is 7.11 Å². The molecule has 0 aliphatic carbocycles. The molecule has 1 unspecified atom stereocenters. The Morgan fingerprint density at radius 1 is 1.08 bits per heavy atom. The molecule has 0 bridgehead atoms. The van der Waals surface area contributed by atoms with Crippen LogP contribution >= 0.6 is 0 Å². The van der Waals surface area contributed by atoms with Crippen LogP contribution in [0.5, 0.6) is 5.75 Å². The van der Waals surface area contributed by atoms with Crippen molar-refractivity contribution in [3.05, 3.63) is 59.4 Å². The summed E-state index contributed by atoms with van der Waals surface area (Å²) in [5.41, 5.74) is 0.801. The smallest absolute Gasteiger partial charge is 0.243 e. The first kappa shape index (κ1) is 18.3. The summed E-state index contributed by atoms with van der Waals surface area (Å²) in [6.45, 7) is 1.58. The van der Waals surface area contributed by atoms with Crippen LogP contribution in [0.25, 0.3) is 0 Å². The van der Waals surface area contributed by atoms with Crippen LogP contribution in [0.1, 0.15) is 12.5 Å². The van der Waals surface area contributed by atoms with Gasteiger partial charge in [-0.05, 0) is 37.1 Å². The van der Waals surface area contributed by atoms with E-state index in [1.54, 1.807) is 31.2 Å². The normalized spacial score (nSPS) is 12.9. The van der Waals surface area contributed by atoms with Crippen molar-refractivity contribution in [3.63, 3.8) is 0 Å². The van der Waals surface area contributed by atoms with Crippen LogP contribution < -0.4 is 9.46 Å². The number of hydrogen-bond acceptors (Lipinski definition) is 3. The molecular formula is C16H16F3NO3S. The van der Waals surface area contributed by atoms with Crippen LogP contribution in [-0.4, -0.2) is 21.6 Å². The minimum atomic E-state index is -4.33. The summed E-state index contributed by atoms with van der Waals surface area (Å²) in [5, 5.41) is 0. The molecule has 0 saturated heterocycles. The molecule has 24 heavy (non-hydrogen) atoms. The Bertz CT molecular complexity index is 840. The van der Waals surface area contributed by atoms with Crippen molar-refractivity contribution in [2.24, 2.45) is 0 Å². The fourth-order valence-corrected chi connectivity index (χ4v) is 3.55. The van der Waals surface area contributed by atoms with Gasteiger partial charge in [-0.1, -0.05) is 12.1 Å². The molecule has 0 saturated carbocycles. The van der Waals surface area contributed by atoms with Gasteiger partial charge in [0.2, 0.25) is 10.0 Å². The molecule has 1 atom stereocenters. The number of halogens is 3. The number of ether oxygens (including phenoxy) is 1. The monoisotopic (exact) mass is 359 g/mol. The number of nitrogens with one attached hydrogen (secondary N) is 1. The fraction of sp³-hybridized carbons (Fsp3) is 0.250. The zero-order valence-electron chi connectivity index (χ0n) is 13.0. The van der Waals surface area contributed by atoms with Crippen LogP contribution in [0.4, 0.5) is 13.2 Å². The quantitative estimate of drug-likeness (QED) is 0.807. The molecule has 8 heteroatoms. The third-order valence-electron chi connectivity index (χ3n) is 3.30. The molecule has 0 aliphatic heterocycles. The van der Waals surface area contributed by atoms with E-state index in [0.717, 1.165) is 5.56 Å². The second-order valence-corrected chi connectivity index (χ2v) is 6.96. The highest BCUT2D eigenvalue weighted by atomic mass is 32.2. The van der Waals surface area contributed by atoms with Gasteiger partial charge in [-0.3, -0.25) is 0 Å². The minimum absolute atomic E-state index is 0.205. The van der Waals surface area contributed by atoms with E-state index in [1.165, 1.54) is 7.11 Å². The molecule has 4 nitrogen and oxygen atoms in total. The Morgan fingerprint density at radius 3 is 2.42 bits per heavy atom. The maximum Gasteiger partial charge on any atom is 0.243 e. The van der Waals surface area contributed by atoms with E-state index in [1.807, 2.05) is 0 Å². The first-order valence-electron chi connectivity index (χ1n) is 7.02. The lowest BCUT2D eigenvalue weighted by atomic mass is 10.1. The first-order chi connectivity index (χ1) is 11.2. The second kappa shape index (κ2) is 7.23. The Balaban J connectivity index is 2.18. The average molecular weight is 359 g/mol. The number of hydrogen-bond donors (Lipinski definition) is 1. The zero-order chi connectivity index (χ0) is 17.9. The van der Waals surface area contributed by atoms with Crippen molar-refractivity contribution in [1.82, 2.24) is 4.72 Å². The highest BCUT2D eigenvalue weighted by Crippen LogP contribution is 2.20. The van der Waals surface area contributed by atoms with E-state index in [4.69, 9.17) is 4.74 Å². The molecular weight excluding hydrogens is 343 g/mol. The maximum absolute atomic E-state index is 13.7. The summed E-state index contributed by atoms with van der Waals surface area (Å²) in [4.78, 5) is -0.932. The van der Waals surface area contributed by atoms with Crippen molar-refractivity contribution >= 4 is 10.0 Å². The van der Waals surface area contributed by atoms with Gasteiger partial charge in [0.15, 0.2) is 11.6 Å². The SMILES string of the molecule is COc1cccc(CC(C)NS(=O)(=O)c2cc(F)c(F)cc2F)c1. The van der Waals surface area contributed by atoms with Gasteiger partial charge < -0.3 is 4.74 Å². The van der Waals surface area contributed by atoms with Gasteiger partial charge in [-0.2, -0.15) is 0 Å². The van der Waals surface area contributed by atoms with Gasteiger partial charge in [0, 0.05) is 12.1 Å². The second-order valence-electron chi connectivity index (χ2n) is 5.27. The largest absolute Gasteiger partial charge is 0.497 e. The van der Waals surface area contributed by atoms with Gasteiger partial charge >= 0.3 is 0 Å². The van der Waals surface area contributed by atoms with Crippen molar-refractivity contribution in [2.45, 2.75) is 24.3 Å². The molecule has 0 aromatic heterocycles. The molecule has 0 spiro atoms. The summed E-state index contributed by atoms with van der Waals surface area (Å²) in [7, 11) is -2.82. The Kier molecular flexibility index (Phi) is 5.51. The topological polar surface area (TPSA) is 55.4 Å². The Labute approximate surface area is 138 Å². The van der Waals surface area contributed by atoms with E-state index in [-0.39, 0.29) is 6.07 Å². The van der Waals surface area contributed by atoms with Gasteiger partial charge in [-0.25, -0.2) is 26.3 Å². The molecule has 0 radical (unpaired) electrons. The van der Waals surface area contributed by atoms with Crippen LogP contribution in [0.3, 0.4) is 0 Å². The third-order valence-corrected chi connectivity index (χ3v) is 4.90. The van der Waals surface area contributed by atoms with Gasteiger partial charge in [0.25, 0.3) is 0 Å². The van der Waals surface area contributed by atoms with E-state index >= 15 is 0 Å². The number of sulfonamides is 1. The highest BCUT2D eigenvalue weighted by Gasteiger charge is 2.24. The molecule has 1 N–H and O–H groups in total. The standard InChI is InChI=1S/C16H16F3NO3S/c1-10(6-11-4-3-5-12(7-11)23-2)20-24(21,22)16-9-14(18)13(17)8-15(16)19/h3-5,7-10,20H,6H2,1-2H3. The molecule has 2 rings (SSSR count). The van der Waals surface area contributed by atoms with Crippen LogP contribution in [-0.2, 0) is 16.4 Å². The van der Waals surface area contributed by atoms with Crippen LogP contribution in [0.15, 0.2) is 41.3 Å². The van der Waals surface area contributed by atoms with Crippen LogP contribution in [0, 0.1) is 17.5 Å². The van der Waals surface area contributed by atoms with Gasteiger partial charge in [-0.15, -0.1) is 0 Å². The lowest BCUT2D eigenvalue weighted by Crippen LogP contribution is -2.34. The minimum Gasteiger partial charge on any atom is -0.497 e. The highest BCUT2D eigenvalue weighted by molar-refractivity contribution is 7.89.